The molecule has 3 saturated carbocycles. The van der Waals surface area contributed by atoms with E-state index in [1.165, 1.54) is 108 Å². The lowest BCUT2D eigenvalue weighted by Gasteiger charge is -2.33. The highest BCUT2D eigenvalue weighted by Crippen LogP contribution is 2.46. The molecule has 3 aliphatic rings. The molecule has 0 saturated heterocycles. The molecule has 43 heavy (non-hydrogen) atoms. The number of pyridine rings is 1. The van der Waals surface area contributed by atoms with Crippen molar-refractivity contribution in [3.8, 4) is 28.3 Å². The molecule has 3 fully saturated rings. The van der Waals surface area contributed by atoms with Crippen LogP contribution in [0.5, 0.6) is 0 Å². The predicted molar refractivity (Wildman–Crippen MR) is 179 cm³/mol. The van der Waals surface area contributed by atoms with Gasteiger partial charge in [-0.05, 0) is 98.9 Å². The van der Waals surface area contributed by atoms with Crippen molar-refractivity contribution in [3.05, 3.63) is 88.9 Å². The lowest BCUT2D eigenvalue weighted by Crippen LogP contribution is -2.17. The monoisotopic (exact) mass is 571 g/mol. The summed E-state index contributed by atoms with van der Waals surface area (Å²) >= 11 is 0. The number of aryl methyl sites for hydroxylation is 2. The molecule has 4 aromatic rings. The smallest absolute Gasteiger partial charge is 0.145 e. The Labute approximate surface area is 259 Å². The highest BCUT2D eigenvalue weighted by molar-refractivity contribution is 5.70. The van der Waals surface area contributed by atoms with Crippen LogP contribution in [0.15, 0.2) is 60.8 Å². The maximum absolute atomic E-state index is 5.43. The molecule has 0 bridgehead atoms. The van der Waals surface area contributed by atoms with Crippen molar-refractivity contribution in [1.82, 2.24) is 14.5 Å². The summed E-state index contributed by atoms with van der Waals surface area (Å²) in [5.41, 5.74) is 11.9. The number of benzene rings is 2. The molecule has 3 nitrogen and oxygen atoms in total. The van der Waals surface area contributed by atoms with E-state index in [2.05, 4.69) is 84.2 Å². The molecular weight excluding hydrogens is 522 g/mol. The summed E-state index contributed by atoms with van der Waals surface area (Å²) in [7, 11) is 0. The van der Waals surface area contributed by atoms with E-state index in [0.717, 1.165) is 34.4 Å². The van der Waals surface area contributed by atoms with E-state index in [1.54, 1.807) is 16.7 Å². The lowest BCUT2D eigenvalue weighted by atomic mass is 9.75. The van der Waals surface area contributed by atoms with Crippen molar-refractivity contribution in [1.29, 1.82) is 0 Å². The molecule has 0 amide bonds. The van der Waals surface area contributed by atoms with Gasteiger partial charge in [0.1, 0.15) is 5.82 Å². The van der Waals surface area contributed by atoms with Crippen LogP contribution in [0, 0.1) is 13.8 Å². The summed E-state index contributed by atoms with van der Waals surface area (Å²) in [6.07, 6.45) is 22.7. The van der Waals surface area contributed by atoms with Crippen molar-refractivity contribution in [2.45, 2.75) is 128 Å². The Bertz CT molecular complexity index is 1470. The maximum atomic E-state index is 5.43. The van der Waals surface area contributed by atoms with Gasteiger partial charge < -0.3 is 0 Å². The Balaban J connectivity index is 1.48. The molecule has 0 aliphatic heterocycles. The molecule has 0 radical (unpaired) electrons. The van der Waals surface area contributed by atoms with Gasteiger partial charge in [-0.3, -0.25) is 9.55 Å². The van der Waals surface area contributed by atoms with Crippen molar-refractivity contribution < 1.29 is 0 Å². The summed E-state index contributed by atoms with van der Waals surface area (Å²) in [6, 6.07) is 20.7. The maximum Gasteiger partial charge on any atom is 0.145 e. The minimum absolute atomic E-state index is 0.634. The van der Waals surface area contributed by atoms with Gasteiger partial charge >= 0.3 is 0 Å². The fourth-order valence-corrected chi connectivity index (χ4v) is 8.57. The molecule has 0 N–H and O–H groups in total. The molecule has 2 heterocycles. The van der Waals surface area contributed by atoms with Gasteiger partial charge in [-0.1, -0.05) is 100 Å². The molecule has 224 valence electrons. The van der Waals surface area contributed by atoms with E-state index in [-0.39, 0.29) is 0 Å². The van der Waals surface area contributed by atoms with Crippen molar-refractivity contribution >= 4 is 0 Å². The molecular formula is C40H49N3. The van der Waals surface area contributed by atoms with Crippen LogP contribution in [0.2, 0.25) is 0 Å². The summed E-state index contributed by atoms with van der Waals surface area (Å²) in [6.45, 7) is 4.19. The van der Waals surface area contributed by atoms with Gasteiger partial charge in [0.05, 0.1) is 11.4 Å². The van der Waals surface area contributed by atoms with Crippen LogP contribution in [0.25, 0.3) is 28.3 Å². The summed E-state index contributed by atoms with van der Waals surface area (Å²) in [5.74, 6) is 3.06. The number of nitrogens with zero attached hydrogens (tertiary/aromatic N) is 3. The summed E-state index contributed by atoms with van der Waals surface area (Å²) < 4.78 is 2.54. The van der Waals surface area contributed by atoms with E-state index < -0.39 is 0 Å². The van der Waals surface area contributed by atoms with Gasteiger partial charge in [-0.15, -0.1) is 0 Å². The average Bonchev–Trinajstić information content (AvgIpc) is 3.51. The van der Waals surface area contributed by atoms with E-state index in [9.17, 15) is 0 Å². The second-order valence-electron chi connectivity index (χ2n) is 13.9. The highest BCUT2D eigenvalue weighted by Gasteiger charge is 2.30. The van der Waals surface area contributed by atoms with Gasteiger partial charge in [0.25, 0.3) is 0 Å². The van der Waals surface area contributed by atoms with Crippen LogP contribution in [0.4, 0.5) is 0 Å². The van der Waals surface area contributed by atoms with Crippen LogP contribution in [-0.2, 0) is 0 Å². The van der Waals surface area contributed by atoms with Gasteiger partial charge in [-0.2, -0.15) is 0 Å². The third kappa shape index (κ3) is 6.10. The molecule has 3 aliphatic carbocycles. The predicted octanol–water partition coefficient (Wildman–Crippen LogP) is 11.4. The zero-order valence-corrected chi connectivity index (χ0v) is 26.5. The third-order valence-electron chi connectivity index (χ3n) is 10.7. The minimum atomic E-state index is 0.634. The molecule has 0 unspecified atom stereocenters. The fourth-order valence-electron chi connectivity index (χ4n) is 8.57. The SMILES string of the molecule is Cc1cc(-c2cn(-c3c(C4CCCCC4)cc(C4CCCCC4)cc3C3CCCCC3)c(-c3ccccc3)n2)cc(C)n1. The molecule has 7 rings (SSSR count). The Morgan fingerprint density at radius 1 is 0.558 bits per heavy atom. The molecule has 2 aromatic heterocycles. The topological polar surface area (TPSA) is 30.7 Å². The van der Waals surface area contributed by atoms with Crippen molar-refractivity contribution in [2.75, 3.05) is 0 Å². The molecule has 3 heteroatoms. The number of aromatic nitrogens is 3. The first kappa shape index (κ1) is 28.6. The molecule has 0 atom stereocenters. The number of rotatable bonds is 6. The van der Waals surface area contributed by atoms with Gasteiger partial charge in [0, 0.05) is 28.7 Å². The first-order chi connectivity index (χ1) is 21.1. The normalized spacial score (nSPS) is 19.1. The second-order valence-corrected chi connectivity index (χ2v) is 13.9. The Morgan fingerprint density at radius 2 is 1.07 bits per heavy atom. The quantitative estimate of drug-likeness (QED) is 0.230. The Morgan fingerprint density at radius 3 is 1.60 bits per heavy atom. The van der Waals surface area contributed by atoms with Crippen LogP contribution in [-0.4, -0.2) is 14.5 Å². The zero-order valence-electron chi connectivity index (χ0n) is 26.5. The van der Waals surface area contributed by atoms with Crippen LogP contribution in [0.1, 0.15) is 142 Å². The standard InChI is InChI=1S/C40H49N3/c1-28-23-35(24-29(2)41-28)38-27-43(40(42-38)33-21-13-6-14-22-33)39-36(31-17-9-4-10-18-31)25-34(30-15-7-3-8-16-30)26-37(39)32-19-11-5-12-20-32/h6,13-14,21-27,30-32H,3-5,7-12,15-20H2,1-2H3. The second kappa shape index (κ2) is 12.8. The van der Waals surface area contributed by atoms with Crippen LogP contribution < -0.4 is 0 Å². The fraction of sp³-hybridized carbons (Fsp3) is 0.500. The van der Waals surface area contributed by atoms with E-state index in [4.69, 9.17) is 4.98 Å². The molecule has 0 spiro atoms. The highest BCUT2D eigenvalue weighted by atomic mass is 15.1. The van der Waals surface area contributed by atoms with E-state index in [0.29, 0.717) is 11.8 Å². The minimum Gasteiger partial charge on any atom is -0.299 e. The van der Waals surface area contributed by atoms with E-state index in [1.807, 2.05) is 0 Å². The van der Waals surface area contributed by atoms with Crippen LogP contribution in [0.3, 0.4) is 0 Å². The Hall–Kier alpha value is -3.20. The first-order valence-corrected chi connectivity index (χ1v) is 17.4. The largest absolute Gasteiger partial charge is 0.299 e. The number of hydrogen-bond donors (Lipinski definition) is 0. The zero-order chi connectivity index (χ0) is 29.2. The van der Waals surface area contributed by atoms with Crippen molar-refractivity contribution in [3.63, 3.8) is 0 Å². The van der Waals surface area contributed by atoms with Gasteiger partial charge in [0.2, 0.25) is 0 Å². The summed E-state index contributed by atoms with van der Waals surface area (Å²) in [5, 5.41) is 0. The van der Waals surface area contributed by atoms with Gasteiger partial charge in [-0.25, -0.2) is 4.98 Å². The van der Waals surface area contributed by atoms with Gasteiger partial charge in [0.15, 0.2) is 0 Å². The third-order valence-corrected chi connectivity index (χ3v) is 10.7. The summed E-state index contributed by atoms with van der Waals surface area (Å²) in [4.78, 5) is 10.1. The number of imidazole rings is 1. The van der Waals surface area contributed by atoms with Crippen LogP contribution >= 0.6 is 0 Å². The molecule has 2 aromatic carbocycles. The first-order valence-electron chi connectivity index (χ1n) is 17.4. The van der Waals surface area contributed by atoms with E-state index >= 15 is 0 Å². The Kier molecular flexibility index (Phi) is 8.51. The van der Waals surface area contributed by atoms with Crippen molar-refractivity contribution in [2.24, 2.45) is 0 Å². The lowest BCUT2D eigenvalue weighted by molar-refractivity contribution is 0.426. The number of hydrogen-bond acceptors (Lipinski definition) is 2. The average molecular weight is 572 g/mol.